The molecule has 0 N–H and O–H groups in total. The molecule has 0 saturated carbocycles. The molecule has 0 heterocycles. The predicted molar refractivity (Wildman–Crippen MR) is 178 cm³/mol. The van der Waals surface area contributed by atoms with E-state index in [4.69, 9.17) is 9.73 Å². The van der Waals surface area contributed by atoms with Crippen LogP contribution < -0.4 is 4.74 Å². The monoisotopic (exact) mass is 551 g/mol. The van der Waals surface area contributed by atoms with Crippen molar-refractivity contribution in [3.8, 4) is 5.75 Å². The van der Waals surface area contributed by atoms with E-state index in [2.05, 4.69) is 105 Å². The van der Waals surface area contributed by atoms with E-state index in [0.717, 1.165) is 56.8 Å². The second kappa shape index (κ2) is 20.8. The van der Waals surface area contributed by atoms with Crippen LogP contribution in [-0.4, -0.2) is 12.3 Å². The van der Waals surface area contributed by atoms with E-state index in [0.29, 0.717) is 5.92 Å². The Balaban J connectivity index is 2.79. The molecule has 0 aliphatic carbocycles. The first kappa shape index (κ1) is 35.0. The van der Waals surface area contributed by atoms with Gasteiger partial charge in [-0.15, -0.1) is 0 Å². The lowest BCUT2D eigenvalue weighted by Gasteiger charge is -2.17. The molecule has 218 valence electrons. The molecule has 0 saturated heterocycles. The van der Waals surface area contributed by atoms with Crippen molar-refractivity contribution in [2.24, 2.45) is 16.8 Å². The Morgan fingerprint density at radius 2 is 1.56 bits per heavy atom. The van der Waals surface area contributed by atoms with Crippen LogP contribution in [0, 0.1) is 11.8 Å². The summed E-state index contributed by atoms with van der Waals surface area (Å²) in [5.74, 6) is 2.19. The molecule has 0 radical (unpaired) electrons. The summed E-state index contributed by atoms with van der Waals surface area (Å²) < 4.78 is 6.07. The fourth-order valence-corrected chi connectivity index (χ4v) is 5.33. The highest BCUT2D eigenvalue weighted by Gasteiger charge is 2.13. The molecule has 1 atom stereocenters. The molecule has 2 nitrogen and oxygen atoms in total. The summed E-state index contributed by atoms with van der Waals surface area (Å²) >= 11 is 4.23. The zero-order valence-electron chi connectivity index (χ0n) is 26.4. The van der Waals surface area contributed by atoms with Crippen molar-refractivity contribution in [3.05, 3.63) is 75.9 Å². The molecule has 1 rings (SSSR count). The third kappa shape index (κ3) is 14.8. The Kier molecular flexibility index (Phi) is 18.7. The van der Waals surface area contributed by atoms with Crippen LogP contribution in [0.15, 0.2) is 75.3 Å². The summed E-state index contributed by atoms with van der Waals surface area (Å²) in [6.07, 6.45) is 18.3. The number of hydrogen-bond donors (Lipinski definition) is 1. The lowest BCUT2D eigenvalue weighted by atomic mass is 9.91. The lowest BCUT2D eigenvalue weighted by Crippen LogP contribution is -2.13. The largest absolute Gasteiger partial charge is 0.494 e. The Morgan fingerprint density at radius 1 is 0.897 bits per heavy atom. The molecule has 1 unspecified atom stereocenters. The Morgan fingerprint density at radius 3 is 2.15 bits per heavy atom. The van der Waals surface area contributed by atoms with Crippen LogP contribution in [0.1, 0.15) is 119 Å². The normalized spacial score (nSPS) is 14.8. The van der Waals surface area contributed by atoms with E-state index < -0.39 is 0 Å². The molecular formula is C36H57NOS. The van der Waals surface area contributed by atoms with Gasteiger partial charge in [0.2, 0.25) is 0 Å². The van der Waals surface area contributed by atoms with Crippen LogP contribution >= 0.6 is 12.6 Å². The first-order valence-corrected chi connectivity index (χ1v) is 15.9. The Hall–Kier alpha value is -2.00. The fourth-order valence-electron chi connectivity index (χ4n) is 5.11. The maximum atomic E-state index is 6.07. The van der Waals surface area contributed by atoms with Crippen molar-refractivity contribution < 1.29 is 4.74 Å². The van der Waals surface area contributed by atoms with Crippen molar-refractivity contribution in [2.75, 3.05) is 6.61 Å². The summed E-state index contributed by atoms with van der Waals surface area (Å²) in [5.41, 5.74) is 7.63. The van der Waals surface area contributed by atoms with E-state index >= 15 is 0 Å². The summed E-state index contributed by atoms with van der Waals surface area (Å²) in [7, 11) is 0. The van der Waals surface area contributed by atoms with Crippen LogP contribution in [-0.2, 0) is 6.42 Å². The van der Waals surface area contributed by atoms with Crippen molar-refractivity contribution in [2.45, 2.75) is 120 Å². The molecule has 3 heteroatoms. The van der Waals surface area contributed by atoms with E-state index in [9.17, 15) is 0 Å². The van der Waals surface area contributed by atoms with Crippen LogP contribution in [0.4, 0.5) is 0 Å². The van der Waals surface area contributed by atoms with Crippen molar-refractivity contribution in [3.63, 3.8) is 0 Å². The third-order valence-corrected chi connectivity index (χ3v) is 7.68. The lowest BCUT2D eigenvalue weighted by molar-refractivity contribution is 0.264. The molecule has 0 aromatic heterocycles. The van der Waals surface area contributed by atoms with E-state index in [-0.39, 0.29) is 0 Å². The van der Waals surface area contributed by atoms with Crippen molar-refractivity contribution >= 4 is 18.3 Å². The van der Waals surface area contributed by atoms with Crippen LogP contribution in [0.2, 0.25) is 0 Å². The van der Waals surface area contributed by atoms with Crippen LogP contribution in [0.25, 0.3) is 0 Å². The van der Waals surface area contributed by atoms with E-state index in [1.54, 1.807) is 5.41 Å². The van der Waals surface area contributed by atoms with Gasteiger partial charge in [0, 0.05) is 11.9 Å². The molecule has 0 spiro atoms. The number of aliphatic imine (C=N–C) groups is 1. The molecule has 39 heavy (non-hydrogen) atoms. The standard InChI is InChI=1S/C36H57NOS/c1-9-13-28(4)27-37-36(32(8)26-31(7)29(5)23-25-39)30(6)16-12-17-34-18-20-35(21-19-34)38-24-22-33(14-10-2)15-11-3/h18-21,23,25-27,30,33,39H,9-17,22,24H2,1-8H3/b25-23-,28-27+,31-29+,32-26+,37-36+. The van der Waals surface area contributed by atoms with Gasteiger partial charge in [0.15, 0.2) is 0 Å². The highest BCUT2D eigenvalue weighted by Crippen LogP contribution is 2.22. The van der Waals surface area contributed by atoms with E-state index in [1.807, 2.05) is 6.08 Å². The molecule has 0 amide bonds. The number of nitrogens with zero attached hydrogens (tertiary/aromatic N) is 1. The van der Waals surface area contributed by atoms with Gasteiger partial charge in [-0.1, -0.05) is 89.7 Å². The maximum absolute atomic E-state index is 6.07. The zero-order valence-corrected chi connectivity index (χ0v) is 27.2. The maximum Gasteiger partial charge on any atom is 0.119 e. The molecule has 1 aromatic carbocycles. The van der Waals surface area contributed by atoms with Gasteiger partial charge in [-0.05, 0) is 111 Å². The van der Waals surface area contributed by atoms with Gasteiger partial charge in [0.05, 0.1) is 6.61 Å². The van der Waals surface area contributed by atoms with Gasteiger partial charge in [0.1, 0.15) is 5.75 Å². The second-order valence-electron chi connectivity index (χ2n) is 11.3. The second-order valence-corrected chi connectivity index (χ2v) is 11.6. The number of benzene rings is 1. The van der Waals surface area contributed by atoms with Crippen molar-refractivity contribution in [1.82, 2.24) is 0 Å². The summed E-state index contributed by atoms with van der Waals surface area (Å²) in [6, 6.07) is 8.76. The fraction of sp³-hybridized carbons (Fsp3) is 0.583. The average Bonchev–Trinajstić information content (AvgIpc) is 2.90. The molecule has 0 aliphatic rings. The highest BCUT2D eigenvalue weighted by molar-refractivity contribution is 7.83. The summed E-state index contributed by atoms with van der Waals surface area (Å²) in [4.78, 5) is 5.02. The van der Waals surface area contributed by atoms with Gasteiger partial charge in [-0.25, -0.2) is 0 Å². The number of aryl methyl sites for hydroxylation is 1. The minimum Gasteiger partial charge on any atom is -0.494 e. The first-order valence-electron chi connectivity index (χ1n) is 15.4. The molecule has 0 aliphatic heterocycles. The van der Waals surface area contributed by atoms with Crippen LogP contribution in [0.5, 0.6) is 5.75 Å². The number of allylic oxidation sites excluding steroid dienone is 6. The SMILES string of the molecule is CCC/C(C)=C/N=C(/C(C)=C/C(C)=C(C)/C=C\S)C(C)CCCc1ccc(OCCC(CCC)CCC)cc1. The topological polar surface area (TPSA) is 21.6 Å². The molecular weight excluding hydrogens is 494 g/mol. The minimum atomic E-state index is 0.391. The zero-order chi connectivity index (χ0) is 29.0. The van der Waals surface area contributed by atoms with Gasteiger partial charge < -0.3 is 4.74 Å². The number of ether oxygens (including phenoxy) is 1. The minimum absolute atomic E-state index is 0.391. The van der Waals surface area contributed by atoms with Crippen LogP contribution in [0.3, 0.4) is 0 Å². The van der Waals surface area contributed by atoms with E-state index in [1.165, 1.54) is 59.3 Å². The summed E-state index contributed by atoms with van der Waals surface area (Å²) in [5, 5.41) is 1.80. The highest BCUT2D eigenvalue weighted by atomic mass is 32.1. The number of thiol groups is 1. The third-order valence-electron chi connectivity index (χ3n) is 7.53. The molecule has 1 aromatic rings. The quantitative estimate of drug-likeness (QED) is 0.103. The Bertz CT molecular complexity index is 958. The summed E-state index contributed by atoms with van der Waals surface area (Å²) in [6.45, 7) is 18.6. The smallest absolute Gasteiger partial charge is 0.119 e. The first-order chi connectivity index (χ1) is 18.7. The predicted octanol–water partition coefficient (Wildman–Crippen LogP) is 11.5. The number of rotatable bonds is 19. The van der Waals surface area contributed by atoms with Gasteiger partial charge in [-0.3, -0.25) is 4.99 Å². The Labute approximate surface area is 247 Å². The van der Waals surface area contributed by atoms with Crippen molar-refractivity contribution in [1.29, 1.82) is 0 Å². The molecule has 0 fully saturated rings. The average molecular weight is 552 g/mol. The number of hydrogen-bond acceptors (Lipinski definition) is 3. The van der Waals surface area contributed by atoms with Gasteiger partial charge in [-0.2, -0.15) is 12.6 Å². The van der Waals surface area contributed by atoms with Gasteiger partial charge in [0.25, 0.3) is 0 Å². The van der Waals surface area contributed by atoms with Gasteiger partial charge >= 0.3 is 0 Å². The molecule has 0 bridgehead atoms.